The summed E-state index contributed by atoms with van der Waals surface area (Å²) in [6.07, 6.45) is 0. The molecule has 0 aromatic heterocycles. The Bertz CT molecular complexity index is 450. The van der Waals surface area contributed by atoms with Gasteiger partial charge in [-0.15, -0.1) is 0 Å². The van der Waals surface area contributed by atoms with Crippen LogP contribution < -0.4 is 21.8 Å². The fourth-order valence-electron chi connectivity index (χ4n) is 1.52. The topological polar surface area (TPSA) is 77.5 Å². The lowest BCUT2D eigenvalue weighted by Crippen LogP contribution is -2.44. The molecular formula is C11H15N5OS. The van der Waals surface area contributed by atoms with Gasteiger partial charge in [0.25, 0.3) is 5.91 Å². The van der Waals surface area contributed by atoms with Crippen molar-refractivity contribution in [1.82, 2.24) is 21.8 Å². The van der Waals surface area contributed by atoms with Crippen molar-refractivity contribution in [2.45, 2.75) is 18.3 Å². The Balaban J connectivity index is 1.96. The number of hydrogen-bond acceptors (Lipinski definition) is 6. The average molecular weight is 265 g/mol. The molecule has 1 heterocycles. The molecule has 7 heteroatoms. The number of thiol groups is 1. The molecule has 6 nitrogen and oxygen atoms in total. The van der Waals surface area contributed by atoms with E-state index in [1.165, 1.54) is 0 Å². The van der Waals surface area contributed by atoms with Gasteiger partial charge in [0.15, 0.2) is 0 Å². The quantitative estimate of drug-likeness (QED) is 0.297. The lowest BCUT2D eigenvalue weighted by Gasteiger charge is -2.11. The van der Waals surface area contributed by atoms with Gasteiger partial charge in [0, 0.05) is 0 Å². The Kier molecular flexibility index (Phi) is 4.32. The van der Waals surface area contributed by atoms with Crippen LogP contribution in [0.2, 0.25) is 0 Å². The smallest absolute Gasteiger partial charge is 0.261 e. The monoisotopic (exact) mass is 265 g/mol. The summed E-state index contributed by atoms with van der Waals surface area (Å²) in [6.45, 7) is 1.84. The third kappa shape index (κ3) is 3.08. The van der Waals surface area contributed by atoms with E-state index in [4.69, 9.17) is 0 Å². The maximum Gasteiger partial charge on any atom is 0.261 e. The lowest BCUT2D eigenvalue weighted by atomic mass is 10.1. The van der Waals surface area contributed by atoms with Gasteiger partial charge in [-0.25, -0.2) is 16.3 Å². The van der Waals surface area contributed by atoms with E-state index in [0.29, 0.717) is 0 Å². The minimum atomic E-state index is -0.472. The molecule has 1 saturated heterocycles. The zero-order valence-corrected chi connectivity index (χ0v) is 10.7. The first kappa shape index (κ1) is 13.0. The number of hydrazine groups is 2. The highest BCUT2D eigenvalue weighted by Gasteiger charge is 2.29. The number of benzene rings is 1. The van der Waals surface area contributed by atoms with Gasteiger partial charge >= 0.3 is 0 Å². The molecule has 1 aromatic rings. The van der Waals surface area contributed by atoms with E-state index in [0.717, 1.165) is 11.3 Å². The minimum Gasteiger partial charge on any atom is -0.271 e. The number of carbonyl (C=O) groups excluding carboxylic acids is 1. The molecule has 0 aliphatic carbocycles. The molecule has 0 spiro atoms. The summed E-state index contributed by atoms with van der Waals surface area (Å²) < 4.78 is 0. The number of amides is 1. The van der Waals surface area contributed by atoms with Crippen molar-refractivity contribution in [1.29, 1.82) is 0 Å². The number of nitrogens with zero attached hydrogens (tertiary/aromatic N) is 1. The van der Waals surface area contributed by atoms with E-state index in [2.05, 4.69) is 39.5 Å². The SMILES string of the molecule is C/C(=N\NC(=O)C1NNNC1S)c1ccccc1. The second kappa shape index (κ2) is 5.96. The highest BCUT2D eigenvalue weighted by molar-refractivity contribution is 7.81. The summed E-state index contributed by atoms with van der Waals surface area (Å²) in [7, 11) is 0. The molecular weight excluding hydrogens is 250 g/mol. The van der Waals surface area contributed by atoms with Gasteiger partial charge in [0.05, 0.1) is 11.1 Å². The van der Waals surface area contributed by atoms with Crippen LogP contribution in [0.3, 0.4) is 0 Å². The molecule has 0 radical (unpaired) electrons. The number of rotatable bonds is 3. The lowest BCUT2D eigenvalue weighted by molar-refractivity contribution is -0.122. The number of nitrogens with one attached hydrogen (secondary N) is 4. The molecule has 18 heavy (non-hydrogen) atoms. The van der Waals surface area contributed by atoms with Crippen molar-refractivity contribution in [2.24, 2.45) is 5.10 Å². The Morgan fingerprint density at radius 3 is 2.67 bits per heavy atom. The first-order valence-corrected chi connectivity index (χ1v) is 6.04. The fourth-order valence-corrected chi connectivity index (χ4v) is 1.79. The molecule has 0 saturated carbocycles. The Morgan fingerprint density at radius 2 is 2.06 bits per heavy atom. The van der Waals surface area contributed by atoms with Gasteiger partial charge in [-0.3, -0.25) is 4.79 Å². The Morgan fingerprint density at radius 1 is 1.33 bits per heavy atom. The van der Waals surface area contributed by atoms with Crippen LogP contribution in [0.1, 0.15) is 12.5 Å². The summed E-state index contributed by atoms with van der Waals surface area (Å²) in [5.41, 5.74) is 12.4. The van der Waals surface area contributed by atoms with Crippen molar-refractivity contribution in [2.75, 3.05) is 0 Å². The summed E-state index contributed by atoms with van der Waals surface area (Å²) in [5.74, 6) is -0.247. The maximum absolute atomic E-state index is 11.8. The molecule has 2 rings (SSSR count). The first-order valence-electron chi connectivity index (χ1n) is 5.52. The first-order chi connectivity index (χ1) is 8.68. The molecule has 1 aliphatic heterocycles. The van der Waals surface area contributed by atoms with Gasteiger partial charge in [-0.1, -0.05) is 30.3 Å². The molecule has 1 fully saturated rings. The van der Waals surface area contributed by atoms with Crippen LogP contribution in [0.15, 0.2) is 35.4 Å². The Hall–Kier alpha value is -1.41. The predicted molar refractivity (Wildman–Crippen MR) is 72.8 cm³/mol. The summed E-state index contributed by atoms with van der Waals surface area (Å²) in [4.78, 5) is 11.8. The maximum atomic E-state index is 11.8. The van der Waals surface area contributed by atoms with Crippen molar-refractivity contribution < 1.29 is 4.79 Å². The number of hydrogen-bond donors (Lipinski definition) is 5. The van der Waals surface area contributed by atoms with Crippen LogP contribution in [0.5, 0.6) is 0 Å². The third-order valence-electron chi connectivity index (χ3n) is 2.57. The van der Waals surface area contributed by atoms with Crippen LogP contribution >= 0.6 is 12.6 Å². The largest absolute Gasteiger partial charge is 0.271 e. The number of carbonyl (C=O) groups is 1. The molecule has 96 valence electrons. The van der Waals surface area contributed by atoms with E-state index in [-0.39, 0.29) is 11.3 Å². The Labute approximate surface area is 111 Å². The zero-order valence-electron chi connectivity index (χ0n) is 9.84. The van der Waals surface area contributed by atoms with Crippen molar-refractivity contribution in [3.8, 4) is 0 Å². The van der Waals surface area contributed by atoms with Crippen LogP contribution in [-0.4, -0.2) is 23.0 Å². The molecule has 4 N–H and O–H groups in total. The summed E-state index contributed by atoms with van der Waals surface area (Å²) >= 11 is 4.20. The van der Waals surface area contributed by atoms with Crippen LogP contribution in [-0.2, 0) is 4.79 Å². The second-order valence-electron chi connectivity index (χ2n) is 3.88. The molecule has 2 unspecified atom stereocenters. The van der Waals surface area contributed by atoms with Crippen LogP contribution in [0, 0.1) is 0 Å². The van der Waals surface area contributed by atoms with Gasteiger partial charge < -0.3 is 0 Å². The standard InChI is InChI=1S/C11H15N5OS/c1-7(8-5-3-2-4-6-8)12-14-10(17)9-11(18)15-16-13-9/h2-6,9,11,13,15-16,18H,1H3,(H,14,17)/b12-7+. The molecule has 1 aromatic carbocycles. The van der Waals surface area contributed by atoms with Crippen molar-refractivity contribution >= 4 is 24.2 Å². The van der Waals surface area contributed by atoms with E-state index < -0.39 is 6.04 Å². The molecule has 1 aliphatic rings. The van der Waals surface area contributed by atoms with Crippen molar-refractivity contribution in [3.05, 3.63) is 35.9 Å². The summed E-state index contributed by atoms with van der Waals surface area (Å²) in [6, 6.07) is 9.17. The summed E-state index contributed by atoms with van der Waals surface area (Å²) in [5, 5.41) is 3.77. The predicted octanol–water partition coefficient (Wildman–Crippen LogP) is -0.236. The van der Waals surface area contributed by atoms with E-state index >= 15 is 0 Å². The van der Waals surface area contributed by atoms with Gasteiger partial charge in [0.1, 0.15) is 6.04 Å². The van der Waals surface area contributed by atoms with Gasteiger partial charge in [-0.2, -0.15) is 23.3 Å². The average Bonchev–Trinajstić information content (AvgIpc) is 2.83. The van der Waals surface area contributed by atoms with Crippen LogP contribution in [0.25, 0.3) is 0 Å². The molecule has 1 amide bonds. The fraction of sp³-hybridized carbons (Fsp3) is 0.273. The third-order valence-corrected chi connectivity index (χ3v) is 3.00. The van der Waals surface area contributed by atoms with Crippen LogP contribution in [0.4, 0.5) is 0 Å². The van der Waals surface area contributed by atoms with Gasteiger partial charge in [-0.05, 0) is 12.5 Å². The second-order valence-corrected chi connectivity index (χ2v) is 4.43. The highest BCUT2D eigenvalue weighted by Crippen LogP contribution is 2.02. The van der Waals surface area contributed by atoms with Gasteiger partial charge in [0.2, 0.25) is 0 Å². The normalized spacial score (nSPS) is 24.0. The van der Waals surface area contributed by atoms with E-state index in [1.54, 1.807) is 0 Å². The highest BCUT2D eigenvalue weighted by atomic mass is 32.1. The van der Waals surface area contributed by atoms with E-state index in [1.807, 2.05) is 37.3 Å². The van der Waals surface area contributed by atoms with E-state index in [9.17, 15) is 4.79 Å². The zero-order chi connectivity index (χ0) is 13.0. The molecule has 2 atom stereocenters. The van der Waals surface area contributed by atoms with Crippen molar-refractivity contribution in [3.63, 3.8) is 0 Å². The minimum absolute atomic E-state index is 0.247. The number of hydrazone groups is 1. The molecule has 0 bridgehead atoms.